The number of benzene rings is 1. The molecule has 72 valence electrons. The second kappa shape index (κ2) is 7.46. The van der Waals surface area contributed by atoms with Gasteiger partial charge in [0.2, 0.25) is 0 Å². The maximum atomic E-state index is 11.1. The van der Waals surface area contributed by atoms with E-state index in [0.717, 1.165) is 5.56 Å². The molecule has 0 heterocycles. The van der Waals surface area contributed by atoms with Crippen LogP contribution < -0.4 is 33.8 Å². The van der Waals surface area contributed by atoms with E-state index in [2.05, 4.69) is 0 Å². The molecule has 0 fully saturated rings. The van der Waals surface area contributed by atoms with Gasteiger partial charge in [0, 0.05) is 0 Å². The molecule has 1 N–H and O–H groups in total. The minimum Gasteiger partial charge on any atom is -1.00 e. The van der Waals surface area contributed by atoms with Gasteiger partial charge in [0.1, 0.15) is 0 Å². The van der Waals surface area contributed by atoms with E-state index >= 15 is 0 Å². The standard InChI is InChI=1S/C7H8ClNO2S.Mg.Na.3H/c1-6-2-4-7(5-3-6)12(10,11)9-8;;;;;/h2-5,9H,1H3;;;;;/q;+2;+1;3*-1. The van der Waals surface area contributed by atoms with Gasteiger partial charge in [-0.2, -0.15) is 0 Å². The van der Waals surface area contributed by atoms with Crippen LogP contribution >= 0.6 is 11.8 Å². The molecule has 0 aliphatic heterocycles. The van der Waals surface area contributed by atoms with E-state index in [0.29, 0.717) is 0 Å². The molecule has 0 saturated heterocycles. The Morgan fingerprint density at radius 1 is 1.29 bits per heavy atom. The van der Waals surface area contributed by atoms with Gasteiger partial charge in [0.15, 0.2) is 0 Å². The summed E-state index contributed by atoms with van der Waals surface area (Å²) in [5, 5.41) is 0. The average molecular weight is 256 g/mol. The summed E-state index contributed by atoms with van der Waals surface area (Å²) in [6.07, 6.45) is 0. The molecular weight excluding hydrogens is 245 g/mol. The molecule has 0 atom stereocenters. The van der Waals surface area contributed by atoms with Crippen molar-refractivity contribution in [3.05, 3.63) is 29.8 Å². The summed E-state index contributed by atoms with van der Waals surface area (Å²) < 4.78 is 23.9. The molecular formula is C7H11ClMgNNaO2S. The summed E-state index contributed by atoms with van der Waals surface area (Å²) in [6.45, 7) is 1.88. The second-order valence-electron chi connectivity index (χ2n) is 2.39. The van der Waals surface area contributed by atoms with Gasteiger partial charge in [0.05, 0.1) is 4.90 Å². The molecule has 0 spiro atoms. The van der Waals surface area contributed by atoms with Crippen LogP contribution in [0.1, 0.15) is 9.84 Å². The third-order valence-corrected chi connectivity index (χ3v) is 3.14. The van der Waals surface area contributed by atoms with Crippen molar-refractivity contribution in [2.75, 3.05) is 0 Å². The van der Waals surface area contributed by atoms with Crippen LogP contribution in [0, 0.1) is 6.92 Å². The normalized spacial score (nSPS) is 9.86. The summed E-state index contributed by atoms with van der Waals surface area (Å²) >= 11 is 5.03. The third-order valence-electron chi connectivity index (χ3n) is 1.43. The van der Waals surface area contributed by atoms with Crippen LogP contribution in [-0.4, -0.2) is 31.5 Å². The first kappa shape index (κ1) is 17.6. The van der Waals surface area contributed by atoms with Crippen molar-refractivity contribution in [2.24, 2.45) is 0 Å². The van der Waals surface area contributed by atoms with Crippen molar-refractivity contribution in [3.63, 3.8) is 0 Å². The Hall–Kier alpha value is 1.19. The topological polar surface area (TPSA) is 46.2 Å². The van der Waals surface area contributed by atoms with Gasteiger partial charge in [-0.3, -0.25) is 0 Å². The van der Waals surface area contributed by atoms with Crippen molar-refractivity contribution in [1.29, 1.82) is 0 Å². The van der Waals surface area contributed by atoms with Gasteiger partial charge in [-0.1, -0.05) is 17.7 Å². The molecule has 7 heteroatoms. The molecule has 14 heavy (non-hydrogen) atoms. The molecule has 0 aromatic heterocycles. The predicted molar refractivity (Wildman–Crippen MR) is 56.4 cm³/mol. The molecule has 0 amide bonds. The molecule has 1 aromatic carbocycles. The molecule has 0 unspecified atom stereocenters. The van der Waals surface area contributed by atoms with E-state index in [1.807, 2.05) is 6.92 Å². The van der Waals surface area contributed by atoms with Crippen LogP contribution in [0.4, 0.5) is 0 Å². The average Bonchev–Trinajstić information content (AvgIpc) is 2.05. The van der Waals surface area contributed by atoms with E-state index in [9.17, 15) is 8.42 Å². The molecule has 1 rings (SSSR count). The fourth-order valence-corrected chi connectivity index (χ4v) is 1.61. The monoisotopic (exact) mass is 255 g/mol. The minimum atomic E-state index is -3.50. The summed E-state index contributed by atoms with van der Waals surface area (Å²) in [7, 11) is -3.50. The van der Waals surface area contributed by atoms with E-state index < -0.39 is 10.0 Å². The van der Waals surface area contributed by atoms with E-state index in [1.165, 1.54) is 12.1 Å². The van der Waals surface area contributed by atoms with Crippen LogP contribution in [0.5, 0.6) is 0 Å². The zero-order valence-electron chi connectivity index (χ0n) is 11.1. The minimum absolute atomic E-state index is 0. The Bertz CT molecular complexity index is 379. The quantitative estimate of drug-likeness (QED) is 0.511. The molecule has 0 aliphatic rings. The first-order valence-corrected chi connectivity index (χ1v) is 5.11. The van der Waals surface area contributed by atoms with Crippen LogP contribution in [-0.2, 0) is 10.0 Å². The van der Waals surface area contributed by atoms with Crippen molar-refractivity contribution >= 4 is 44.9 Å². The van der Waals surface area contributed by atoms with E-state index in [1.54, 1.807) is 16.4 Å². The van der Waals surface area contributed by atoms with Crippen molar-refractivity contribution < 1.29 is 42.3 Å². The number of sulfonamides is 1. The molecule has 0 saturated carbocycles. The molecule has 1 aromatic rings. The van der Waals surface area contributed by atoms with E-state index in [-0.39, 0.29) is 61.8 Å². The van der Waals surface area contributed by atoms with Crippen LogP contribution in [0.2, 0.25) is 0 Å². The SMILES string of the molecule is Cc1ccc(S(=O)(=O)NCl)cc1.[H-].[H-].[H-].[Mg+2].[Na+]. The molecule has 0 bridgehead atoms. The number of halogens is 1. The van der Waals surface area contributed by atoms with Gasteiger partial charge in [-0.05, 0) is 30.8 Å². The summed E-state index contributed by atoms with van der Waals surface area (Å²) in [6, 6.07) is 6.42. The van der Waals surface area contributed by atoms with Gasteiger partial charge in [-0.15, -0.1) is 4.24 Å². The number of nitrogens with one attached hydrogen (secondary N) is 1. The first-order chi connectivity index (χ1) is 5.56. The van der Waals surface area contributed by atoms with Crippen molar-refractivity contribution in [2.45, 2.75) is 11.8 Å². The summed E-state index contributed by atoms with van der Waals surface area (Å²) in [5.41, 5.74) is 1.00. The number of hydrogen-bond donors (Lipinski definition) is 1. The van der Waals surface area contributed by atoms with Gasteiger partial charge < -0.3 is 4.28 Å². The zero-order chi connectivity index (χ0) is 9.19. The third kappa shape index (κ3) is 4.81. The first-order valence-electron chi connectivity index (χ1n) is 3.25. The number of aryl methyl sites for hydroxylation is 1. The number of hydrogen-bond acceptors (Lipinski definition) is 2. The molecule has 0 radical (unpaired) electrons. The fourth-order valence-electron chi connectivity index (χ4n) is 0.762. The predicted octanol–water partition coefficient (Wildman–Crippen LogP) is -1.61. The summed E-state index contributed by atoms with van der Waals surface area (Å²) in [5.74, 6) is 0. The Balaban J connectivity index is -0.0000000960. The van der Waals surface area contributed by atoms with Gasteiger partial charge >= 0.3 is 52.6 Å². The smallest absolute Gasteiger partial charge is 1.00 e. The Morgan fingerprint density at radius 3 is 2.07 bits per heavy atom. The maximum Gasteiger partial charge on any atom is 2.00 e. The second-order valence-corrected chi connectivity index (χ2v) is 4.49. The fraction of sp³-hybridized carbons (Fsp3) is 0.143. The van der Waals surface area contributed by atoms with Gasteiger partial charge in [0.25, 0.3) is 10.0 Å². The number of rotatable bonds is 2. The van der Waals surface area contributed by atoms with Crippen LogP contribution in [0.3, 0.4) is 0 Å². The summed E-state index contributed by atoms with van der Waals surface area (Å²) in [4.78, 5) is 0.170. The van der Waals surface area contributed by atoms with Crippen LogP contribution in [0.15, 0.2) is 29.2 Å². The van der Waals surface area contributed by atoms with Crippen LogP contribution in [0.25, 0.3) is 0 Å². The Kier molecular flexibility index (Phi) is 9.36. The Labute approximate surface area is 132 Å². The maximum absolute atomic E-state index is 11.1. The zero-order valence-corrected chi connectivity index (χ0v) is 13.1. The van der Waals surface area contributed by atoms with E-state index in [4.69, 9.17) is 11.8 Å². The van der Waals surface area contributed by atoms with Gasteiger partial charge in [-0.25, -0.2) is 8.42 Å². The van der Waals surface area contributed by atoms with Crippen molar-refractivity contribution in [1.82, 2.24) is 4.24 Å². The van der Waals surface area contributed by atoms with Crippen molar-refractivity contribution in [3.8, 4) is 0 Å². The largest absolute Gasteiger partial charge is 2.00 e. The molecule has 3 nitrogen and oxygen atoms in total. The molecule has 0 aliphatic carbocycles. The Morgan fingerprint density at radius 2 is 1.71 bits per heavy atom.